The van der Waals surface area contributed by atoms with E-state index in [1.54, 1.807) is 13.4 Å². The van der Waals surface area contributed by atoms with E-state index in [0.717, 1.165) is 75.1 Å². The topological polar surface area (TPSA) is 68.0 Å². The first-order chi connectivity index (χ1) is 13.7. The quantitative estimate of drug-likeness (QED) is 0.305. The number of aliphatic imine (C=N–C) groups is 1. The van der Waals surface area contributed by atoms with Crippen molar-refractivity contribution in [3.63, 3.8) is 0 Å². The zero-order chi connectivity index (χ0) is 19.6. The third-order valence-corrected chi connectivity index (χ3v) is 4.95. The number of rotatable bonds is 9. The van der Waals surface area contributed by atoms with E-state index in [9.17, 15) is 0 Å². The van der Waals surface area contributed by atoms with E-state index in [-0.39, 0.29) is 24.0 Å². The van der Waals surface area contributed by atoms with Gasteiger partial charge in [0.05, 0.1) is 20.0 Å². The highest BCUT2D eigenvalue weighted by molar-refractivity contribution is 14.0. The van der Waals surface area contributed by atoms with Crippen LogP contribution < -0.4 is 15.4 Å². The van der Waals surface area contributed by atoms with Crippen LogP contribution in [0.25, 0.3) is 0 Å². The van der Waals surface area contributed by atoms with E-state index >= 15 is 0 Å². The lowest BCUT2D eigenvalue weighted by Crippen LogP contribution is -2.39. The van der Waals surface area contributed by atoms with Crippen molar-refractivity contribution in [3.8, 4) is 5.75 Å². The van der Waals surface area contributed by atoms with Crippen LogP contribution >= 0.6 is 24.0 Å². The van der Waals surface area contributed by atoms with Gasteiger partial charge in [0.2, 0.25) is 0 Å². The van der Waals surface area contributed by atoms with Gasteiger partial charge in [-0.1, -0.05) is 12.1 Å². The van der Waals surface area contributed by atoms with Crippen molar-refractivity contribution in [2.75, 3.05) is 40.0 Å². The molecule has 0 radical (unpaired) electrons. The fraction of sp³-hybridized carbons (Fsp3) is 0.500. The highest BCUT2D eigenvalue weighted by atomic mass is 127. The molecule has 160 valence electrons. The molecule has 1 aromatic heterocycles. The first-order valence-electron chi connectivity index (χ1n) is 10.0. The maximum atomic E-state index is 5.46. The molecule has 1 aliphatic rings. The molecule has 0 saturated carbocycles. The molecule has 0 bridgehead atoms. The summed E-state index contributed by atoms with van der Waals surface area (Å²) in [7, 11) is 1.71. The van der Waals surface area contributed by atoms with Crippen molar-refractivity contribution in [2.45, 2.75) is 26.2 Å². The summed E-state index contributed by atoms with van der Waals surface area (Å²) in [4.78, 5) is 4.76. The average Bonchev–Trinajstić information content (AvgIpc) is 3.41. The van der Waals surface area contributed by atoms with Crippen LogP contribution in [0.5, 0.6) is 5.75 Å². The Balaban J connectivity index is 0.00000300. The summed E-state index contributed by atoms with van der Waals surface area (Å²) in [5.41, 5.74) is 2.40. The second kappa shape index (κ2) is 12.7. The fourth-order valence-corrected chi connectivity index (χ4v) is 3.23. The second-order valence-corrected chi connectivity index (χ2v) is 7.16. The minimum absolute atomic E-state index is 0. The number of benzene rings is 1. The van der Waals surface area contributed by atoms with Crippen molar-refractivity contribution in [2.24, 2.45) is 10.9 Å². The molecular weight excluding hydrogens is 481 g/mol. The molecule has 29 heavy (non-hydrogen) atoms. The number of hydrogen-bond donors (Lipinski definition) is 2. The SMILES string of the molecule is COc1cc(CCNC(=NCC2CCOC2)NCCc2ccco2)ccc1C.I. The number of furan rings is 1. The fourth-order valence-electron chi connectivity index (χ4n) is 3.23. The van der Waals surface area contributed by atoms with Gasteiger partial charge in [0.15, 0.2) is 5.96 Å². The minimum atomic E-state index is 0. The maximum Gasteiger partial charge on any atom is 0.191 e. The molecule has 1 aliphatic heterocycles. The van der Waals surface area contributed by atoms with Crippen molar-refractivity contribution >= 4 is 29.9 Å². The highest BCUT2D eigenvalue weighted by Crippen LogP contribution is 2.19. The molecule has 1 aromatic carbocycles. The Kier molecular flexibility index (Phi) is 10.3. The number of halogens is 1. The monoisotopic (exact) mass is 513 g/mol. The predicted molar refractivity (Wildman–Crippen MR) is 126 cm³/mol. The van der Waals surface area contributed by atoms with E-state index in [1.165, 1.54) is 5.56 Å². The molecule has 2 aromatic rings. The van der Waals surface area contributed by atoms with Gasteiger partial charge in [-0.3, -0.25) is 4.99 Å². The second-order valence-electron chi connectivity index (χ2n) is 7.16. The molecule has 1 saturated heterocycles. The van der Waals surface area contributed by atoms with Crippen LogP contribution in [0.3, 0.4) is 0 Å². The van der Waals surface area contributed by atoms with E-state index in [4.69, 9.17) is 18.9 Å². The van der Waals surface area contributed by atoms with Crippen molar-refractivity contribution in [1.82, 2.24) is 10.6 Å². The molecular formula is C22H32IN3O3. The van der Waals surface area contributed by atoms with E-state index < -0.39 is 0 Å². The molecule has 7 heteroatoms. The largest absolute Gasteiger partial charge is 0.496 e. The normalized spacial score (nSPS) is 16.3. The zero-order valence-corrected chi connectivity index (χ0v) is 19.6. The van der Waals surface area contributed by atoms with Crippen LogP contribution in [0, 0.1) is 12.8 Å². The van der Waals surface area contributed by atoms with Gasteiger partial charge in [-0.15, -0.1) is 24.0 Å². The van der Waals surface area contributed by atoms with Gasteiger partial charge in [0.25, 0.3) is 0 Å². The minimum Gasteiger partial charge on any atom is -0.496 e. The predicted octanol–water partition coefficient (Wildman–Crippen LogP) is 3.57. The van der Waals surface area contributed by atoms with Crippen molar-refractivity contribution in [1.29, 1.82) is 0 Å². The third kappa shape index (κ3) is 7.89. The number of aryl methyl sites for hydroxylation is 1. The van der Waals surface area contributed by atoms with E-state index in [0.29, 0.717) is 5.92 Å². The molecule has 1 fully saturated rings. The Labute approximate surface area is 190 Å². The number of nitrogens with one attached hydrogen (secondary N) is 2. The molecule has 1 unspecified atom stereocenters. The van der Waals surface area contributed by atoms with Crippen LogP contribution in [-0.4, -0.2) is 45.9 Å². The van der Waals surface area contributed by atoms with Crippen molar-refractivity contribution < 1.29 is 13.9 Å². The standard InChI is InChI=1S/C22H31N3O3.HI/c1-17-5-6-18(14-21(17)26-2)7-10-23-22(25-15-19-9-13-27-16-19)24-11-8-20-4-3-12-28-20;/h3-6,12,14,19H,7-11,13,15-16H2,1-2H3,(H2,23,24,25);1H. The van der Waals surface area contributed by atoms with Gasteiger partial charge >= 0.3 is 0 Å². The van der Waals surface area contributed by atoms with Crippen LogP contribution in [0.4, 0.5) is 0 Å². The lowest BCUT2D eigenvalue weighted by Gasteiger charge is -2.14. The first kappa shape index (κ1) is 23.5. The van der Waals surface area contributed by atoms with Crippen LogP contribution in [0.15, 0.2) is 46.0 Å². The Bertz CT molecular complexity index is 744. The molecule has 1 atom stereocenters. The molecule has 0 aliphatic carbocycles. The summed E-state index contributed by atoms with van der Waals surface area (Å²) in [5, 5.41) is 6.86. The zero-order valence-electron chi connectivity index (χ0n) is 17.3. The van der Waals surface area contributed by atoms with Gasteiger partial charge in [-0.2, -0.15) is 0 Å². The number of methoxy groups -OCH3 is 1. The summed E-state index contributed by atoms with van der Waals surface area (Å²) >= 11 is 0. The molecule has 3 rings (SSSR count). The first-order valence-corrected chi connectivity index (χ1v) is 10.0. The Morgan fingerprint density at radius 3 is 2.72 bits per heavy atom. The third-order valence-electron chi connectivity index (χ3n) is 4.95. The molecule has 2 N–H and O–H groups in total. The lowest BCUT2D eigenvalue weighted by molar-refractivity contribution is 0.187. The van der Waals surface area contributed by atoms with E-state index in [1.807, 2.05) is 12.1 Å². The molecule has 0 amide bonds. The Hall–Kier alpha value is -1.74. The molecule has 0 spiro atoms. The summed E-state index contributed by atoms with van der Waals surface area (Å²) in [6, 6.07) is 10.3. The van der Waals surface area contributed by atoms with Gasteiger partial charge in [0.1, 0.15) is 11.5 Å². The summed E-state index contributed by atoms with van der Waals surface area (Å²) in [6.45, 7) is 6.09. The highest BCUT2D eigenvalue weighted by Gasteiger charge is 2.15. The Morgan fingerprint density at radius 2 is 2.03 bits per heavy atom. The summed E-state index contributed by atoms with van der Waals surface area (Å²) < 4.78 is 16.3. The van der Waals surface area contributed by atoms with Gasteiger partial charge in [-0.25, -0.2) is 0 Å². The van der Waals surface area contributed by atoms with E-state index in [2.05, 4.69) is 35.8 Å². The van der Waals surface area contributed by atoms with Crippen LogP contribution in [0.1, 0.15) is 23.3 Å². The number of nitrogens with zero attached hydrogens (tertiary/aromatic N) is 1. The molecule has 2 heterocycles. The van der Waals surface area contributed by atoms with Gasteiger partial charge in [-0.05, 0) is 49.1 Å². The maximum absolute atomic E-state index is 5.46. The van der Waals surface area contributed by atoms with Gasteiger partial charge < -0.3 is 24.5 Å². The van der Waals surface area contributed by atoms with Crippen molar-refractivity contribution in [3.05, 3.63) is 53.5 Å². The molecule has 6 nitrogen and oxygen atoms in total. The van der Waals surface area contributed by atoms with Gasteiger partial charge in [0, 0.05) is 38.6 Å². The average molecular weight is 513 g/mol. The van der Waals surface area contributed by atoms with Crippen LogP contribution in [0.2, 0.25) is 0 Å². The Morgan fingerprint density at radius 1 is 1.21 bits per heavy atom. The lowest BCUT2D eigenvalue weighted by atomic mass is 10.1. The number of guanidine groups is 1. The smallest absolute Gasteiger partial charge is 0.191 e. The summed E-state index contributed by atoms with van der Waals surface area (Å²) in [5.74, 6) is 3.27. The summed E-state index contributed by atoms with van der Waals surface area (Å²) in [6.07, 6.45) is 4.53. The van der Waals surface area contributed by atoms with Crippen LogP contribution in [-0.2, 0) is 17.6 Å². The number of ether oxygens (including phenoxy) is 2. The number of hydrogen-bond acceptors (Lipinski definition) is 4.